The fourth-order valence-electron chi connectivity index (χ4n) is 2.20. The SMILES string of the molecule is COC(=O)C(C)N(Cc1ccccc1)C(=O)CCC(=O)C#C[Si](C)(C)C. The lowest BCUT2D eigenvalue weighted by molar-refractivity contribution is -0.152. The maximum Gasteiger partial charge on any atom is 0.328 e. The molecule has 0 bridgehead atoms. The summed E-state index contributed by atoms with van der Waals surface area (Å²) in [5.74, 6) is 1.64. The van der Waals surface area contributed by atoms with Gasteiger partial charge in [0, 0.05) is 19.4 Å². The highest BCUT2D eigenvalue weighted by molar-refractivity contribution is 6.84. The van der Waals surface area contributed by atoms with Gasteiger partial charge in [0.25, 0.3) is 0 Å². The maximum atomic E-state index is 12.6. The number of carbonyl (C=O) groups is 3. The van der Waals surface area contributed by atoms with E-state index < -0.39 is 20.1 Å². The number of ether oxygens (including phenoxy) is 1. The molecule has 0 saturated heterocycles. The molecule has 1 aromatic carbocycles. The van der Waals surface area contributed by atoms with Crippen molar-refractivity contribution in [1.82, 2.24) is 4.90 Å². The molecule has 0 fully saturated rings. The Morgan fingerprint density at radius 1 is 1.12 bits per heavy atom. The van der Waals surface area contributed by atoms with Gasteiger partial charge in [0.05, 0.1) is 7.11 Å². The molecule has 26 heavy (non-hydrogen) atoms. The number of hydrogen-bond acceptors (Lipinski definition) is 4. The van der Waals surface area contributed by atoms with Gasteiger partial charge in [-0.2, -0.15) is 0 Å². The molecule has 6 heteroatoms. The van der Waals surface area contributed by atoms with Crippen LogP contribution in [0.1, 0.15) is 25.3 Å². The van der Waals surface area contributed by atoms with Crippen LogP contribution in [0.4, 0.5) is 0 Å². The van der Waals surface area contributed by atoms with E-state index in [-0.39, 0.29) is 31.1 Å². The van der Waals surface area contributed by atoms with E-state index in [0.29, 0.717) is 0 Å². The van der Waals surface area contributed by atoms with Crippen LogP contribution in [-0.4, -0.2) is 43.8 Å². The summed E-state index contributed by atoms with van der Waals surface area (Å²) in [4.78, 5) is 37.9. The van der Waals surface area contributed by atoms with Gasteiger partial charge < -0.3 is 9.64 Å². The number of carbonyl (C=O) groups excluding carboxylic acids is 3. The van der Waals surface area contributed by atoms with Crippen molar-refractivity contribution in [1.29, 1.82) is 0 Å². The first-order chi connectivity index (χ1) is 12.1. The molecule has 140 valence electrons. The lowest BCUT2D eigenvalue weighted by Crippen LogP contribution is -2.43. The molecule has 0 heterocycles. The molecule has 1 atom stereocenters. The Morgan fingerprint density at radius 3 is 2.27 bits per heavy atom. The quantitative estimate of drug-likeness (QED) is 0.419. The Hall–Kier alpha value is -2.39. The van der Waals surface area contributed by atoms with Crippen LogP contribution in [0, 0.1) is 11.5 Å². The number of methoxy groups -OCH3 is 1. The summed E-state index contributed by atoms with van der Waals surface area (Å²) in [5.41, 5.74) is 3.91. The Labute approximate surface area is 156 Å². The molecule has 1 aromatic rings. The second-order valence-electron chi connectivity index (χ2n) is 7.13. The van der Waals surface area contributed by atoms with Crippen molar-refractivity contribution in [3.8, 4) is 11.5 Å². The first-order valence-corrected chi connectivity index (χ1v) is 12.1. The van der Waals surface area contributed by atoms with Gasteiger partial charge >= 0.3 is 5.97 Å². The smallest absolute Gasteiger partial charge is 0.328 e. The topological polar surface area (TPSA) is 63.7 Å². The number of nitrogens with zero attached hydrogens (tertiary/aromatic N) is 1. The summed E-state index contributed by atoms with van der Waals surface area (Å²) in [7, 11) is -0.334. The summed E-state index contributed by atoms with van der Waals surface area (Å²) in [6, 6.07) is 8.67. The highest BCUT2D eigenvalue weighted by Gasteiger charge is 2.26. The largest absolute Gasteiger partial charge is 0.467 e. The third-order valence-corrected chi connectivity index (χ3v) is 4.54. The number of esters is 1. The molecule has 0 aliphatic rings. The lowest BCUT2D eigenvalue weighted by Gasteiger charge is -2.27. The van der Waals surface area contributed by atoms with E-state index in [1.807, 2.05) is 30.3 Å². The zero-order valence-electron chi connectivity index (χ0n) is 16.2. The minimum absolute atomic E-state index is 0.0212. The normalized spacial score (nSPS) is 11.7. The minimum Gasteiger partial charge on any atom is -0.467 e. The summed E-state index contributed by atoms with van der Waals surface area (Å²) >= 11 is 0. The van der Waals surface area contributed by atoms with Gasteiger partial charge in [-0.25, -0.2) is 4.79 Å². The van der Waals surface area contributed by atoms with Crippen molar-refractivity contribution < 1.29 is 19.1 Å². The maximum absolute atomic E-state index is 12.6. The number of benzene rings is 1. The van der Waals surface area contributed by atoms with E-state index in [2.05, 4.69) is 31.1 Å². The minimum atomic E-state index is -1.63. The standard InChI is InChI=1S/C20H27NO4Si/c1-16(20(24)25-2)21(15-17-9-7-6-8-10-17)19(23)12-11-18(22)13-14-26(3,4)5/h6-10,16H,11-12,15H2,1-5H3. The van der Waals surface area contributed by atoms with Gasteiger partial charge in [-0.3, -0.25) is 9.59 Å². The van der Waals surface area contributed by atoms with E-state index >= 15 is 0 Å². The molecule has 0 aliphatic heterocycles. The fraction of sp³-hybridized carbons (Fsp3) is 0.450. The van der Waals surface area contributed by atoms with Gasteiger partial charge in [0.15, 0.2) is 0 Å². The zero-order valence-corrected chi connectivity index (χ0v) is 17.2. The second-order valence-corrected chi connectivity index (χ2v) is 11.9. The Morgan fingerprint density at radius 2 is 1.73 bits per heavy atom. The molecule has 0 saturated carbocycles. The highest BCUT2D eigenvalue weighted by Crippen LogP contribution is 2.12. The number of hydrogen-bond donors (Lipinski definition) is 0. The van der Waals surface area contributed by atoms with Crippen LogP contribution in [-0.2, 0) is 25.7 Å². The van der Waals surface area contributed by atoms with Crippen LogP contribution in [0.2, 0.25) is 19.6 Å². The third kappa shape index (κ3) is 7.66. The molecular formula is C20H27NO4Si. The van der Waals surface area contributed by atoms with Crippen molar-refractivity contribution in [3.05, 3.63) is 35.9 Å². The van der Waals surface area contributed by atoms with E-state index in [4.69, 9.17) is 4.74 Å². The molecular weight excluding hydrogens is 346 g/mol. The van der Waals surface area contributed by atoms with Crippen LogP contribution in [0.25, 0.3) is 0 Å². The molecule has 1 rings (SSSR count). The van der Waals surface area contributed by atoms with Gasteiger partial charge in [0.2, 0.25) is 11.7 Å². The van der Waals surface area contributed by atoms with E-state index in [0.717, 1.165) is 5.56 Å². The van der Waals surface area contributed by atoms with Crippen molar-refractivity contribution in [2.75, 3.05) is 7.11 Å². The summed E-state index contributed by atoms with van der Waals surface area (Å²) in [6.07, 6.45) is 0.0723. The van der Waals surface area contributed by atoms with Gasteiger partial charge in [-0.1, -0.05) is 50.0 Å². The van der Waals surface area contributed by atoms with Crippen LogP contribution in [0.3, 0.4) is 0 Å². The van der Waals surface area contributed by atoms with E-state index in [9.17, 15) is 14.4 Å². The van der Waals surface area contributed by atoms with Crippen LogP contribution < -0.4 is 0 Å². The molecule has 0 N–H and O–H groups in total. The monoisotopic (exact) mass is 373 g/mol. The van der Waals surface area contributed by atoms with Crippen molar-refractivity contribution in [2.24, 2.45) is 0 Å². The molecule has 0 aromatic heterocycles. The van der Waals surface area contributed by atoms with Crippen molar-refractivity contribution in [2.45, 2.75) is 52.0 Å². The number of amides is 1. The molecule has 5 nitrogen and oxygen atoms in total. The molecule has 1 amide bonds. The molecule has 1 unspecified atom stereocenters. The number of rotatable bonds is 7. The first kappa shape index (κ1) is 21.6. The molecule has 0 spiro atoms. The highest BCUT2D eigenvalue weighted by atomic mass is 28.3. The van der Waals surface area contributed by atoms with E-state index in [1.165, 1.54) is 12.0 Å². The molecule has 0 aliphatic carbocycles. The lowest BCUT2D eigenvalue weighted by atomic mass is 10.1. The Bertz CT molecular complexity index is 698. The van der Waals surface area contributed by atoms with Gasteiger partial charge in [-0.15, -0.1) is 5.54 Å². The van der Waals surface area contributed by atoms with Crippen LogP contribution >= 0.6 is 0 Å². The van der Waals surface area contributed by atoms with Gasteiger partial charge in [0.1, 0.15) is 14.1 Å². The Balaban J connectivity index is 2.82. The fourth-order valence-corrected chi connectivity index (χ4v) is 2.72. The van der Waals surface area contributed by atoms with Crippen LogP contribution in [0.5, 0.6) is 0 Å². The molecule has 0 radical (unpaired) electrons. The van der Waals surface area contributed by atoms with Crippen LogP contribution in [0.15, 0.2) is 30.3 Å². The van der Waals surface area contributed by atoms with Crippen molar-refractivity contribution >= 4 is 25.7 Å². The Kier molecular flexibility index (Phi) is 8.27. The average Bonchev–Trinajstić information content (AvgIpc) is 2.61. The van der Waals surface area contributed by atoms with E-state index in [1.54, 1.807) is 6.92 Å². The second kappa shape index (κ2) is 9.93. The first-order valence-electron chi connectivity index (χ1n) is 8.61. The van der Waals surface area contributed by atoms with Gasteiger partial charge in [-0.05, 0) is 18.4 Å². The summed E-state index contributed by atoms with van der Waals surface area (Å²) in [6.45, 7) is 8.07. The van der Waals surface area contributed by atoms with Crippen molar-refractivity contribution in [3.63, 3.8) is 0 Å². The average molecular weight is 374 g/mol. The predicted molar refractivity (Wildman–Crippen MR) is 104 cm³/mol. The predicted octanol–water partition coefficient (Wildman–Crippen LogP) is 2.81. The number of ketones is 1. The number of Topliss-reactive ketones (excluding diaryl/α,β-unsaturated/α-hetero) is 1. The summed E-state index contributed by atoms with van der Waals surface area (Å²) in [5, 5.41) is 0. The zero-order chi connectivity index (χ0) is 19.7. The third-order valence-electron chi connectivity index (χ3n) is 3.67. The summed E-state index contributed by atoms with van der Waals surface area (Å²) < 4.78 is 4.76.